The number of hydrogen-bond acceptors (Lipinski definition) is 6. The van der Waals surface area contributed by atoms with Gasteiger partial charge in [0.25, 0.3) is 0 Å². The van der Waals surface area contributed by atoms with Crippen LogP contribution in [0.4, 0.5) is 0 Å². The van der Waals surface area contributed by atoms with Gasteiger partial charge in [-0.05, 0) is 28.1 Å². The van der Waals surface area contributed by atoms with Gasteiger partial charge >= 0.3 is 0 Å². The molecule has 114 valence electrons. The number of halogens is 1. The maximum atomic E-state index is 12.5. The molecule has 0 atom stereocenters. The first-order chi connectivity index (χ1) is 10.5. The van der Waals surface area contributed by atoms with Gasteiger partial charge < -0.3 is 19.0 Å². The van der Waals surface area contributed by atoms with Crippen LogP contribution in [0.25, 0.3) is 21.6 Å². The Balaban J connectivity index is 2.38. The summed E-state index contributed by atoms with van der Waals surface area (Å²) in [7, 11) is 2.95. The third kappa shape index (κ3) is 2.36. The molecule has 5 nitrogen and oxygen atoms in total. The van der Waals surface area contributed by atoms with E-state index in [1.807, 2.05) is 6.07 Å². The Morgan fingerprint density at radius 3 is 2.59 bits per heavy atom. The second-order valence-corrected chi connectivity index (χ2v) is 6.88. The molecular weight excluding hydrogens is 372 g/mol. The lowest BCUT2D eigenvalue weighted by Gasteiger charge is -2.09. The first kappa shape index (κ1) is 14.9. The van der Waals surface area contributed by atoms with E-state index in [1.165, 1.54) is 25.6 Å². The average molecular weight is 383 g/mol. The monoisotopic (exact) mass is 382 g/mol. The van der Waals surface area contributed by atoms with Crippen molar-refractivity contribution in [3.63, 3.8) is 0 Å². The maximum absolute atomic E-state index is 12.5. The lowest BCUT2D eigenvalue weighted by molar-refractivity contribution is 0.395. The van der Waals surface area contributed by atoms with E-state index in [9.17, 15) is 9.90 Å². The Morgan fingerprint density at radius 2 is 2.00 bits per heavy atom. The molecule has 0 spiro atoms. The summed E-state index contributed by atoms with van der Waals surface area (Å²) in [6, 6.07) is 6.73. The number of hydrogen-bond donors (Lipinski definition) is 1. The summed E-state index contributed by atoms with van der Waals surface area (Å²) in [5.41, 5.74) is -0.251. The van der Waals surface area contributed by atoms with Crippen molar-refractivity contribution >= 4 is 38.2 Å². The van der Waals surface area contributed by atoms with E-state index in [1.54, 1.807) is 18.2 Å². The highest BCUT2D eigenvalue weighted by molar-refractivity contribution is 9.11. The van der Waals surface area contributed by atoms with Gasteiger partial charge in [0.2, 0.25) is 11.2 Å². The van der Waals surface area contributed by atoms with E-state index in [-0.39, 0.29) is 16.9 Å². The summed E-state index contributed by atoms with van der Waals surface area (Å²) < 4.78 is 17.0. The van der Waals surface area contributed by atoms with Crippen molar-refractivity contribution in [2.24, 2.45) is 0 Å². The molecule has 22 heavy (non-hydrogen) atoms. The molecule has 1 aromatic carbocycles. The molecule has 0 amide bonds. The smallest absolute Gasteiger partial charge is 0.238 e. The van der Waals surface area contributed by atoms with Crippen LogP contribution in [0.3, 0.4) is 0 Å². The number of ether oxygens (including phenoxy) is 2. The molecule has 0 aliphatic rings. The number of rotatable bonds is 3. The molecule has 0 saturated heterocycles. The zero-order valence-electron chi connectivity index (χ0n) is 11.7. The van der Waals surface area contributed by atoms with Gasteiger partial charge in [-0.2, -0.15) is 0 Å². The van der Waals surface area contributed by atoms with Crippen molar-refractivity contribution in [3.05, 3.63) is 38.3 Å². The molecule has 3 aromatic rings. The zero-order chi connectivity index (χ0) is 15.9. The van der Waals surface area contributed by atoms with Gasteiger partial charge in [0.1, 0.15) is 22.5 Å². The van der Waals surface area contributed by atoms with Crippen molar-refractivity contribution < 1.29 is 19.0 Å². The lowest BCUT2D eigenvalue weighted by Crippen LogP contribution is -2.04. The van der Waals surface area contributed by atoms with Crippen LogP contribution in [0.2, 0.25) is 0 Å². The Hall–Kier alpha value is -1.99. The molecule has 0 aliphatic carbocycles. The molecule has 2 heterocycles. The van der Waals surface area contributed by atoms with E-state index in [0.29, 0.717) is 16.2 Å². The van der Waals surface area contributed by atoms with Gasteiger partial charge in [0.15, 0.2) is 5.76 Å². The van der Waals surface area contributed by atoms with Crippen LogP contribution in [-0.2, 0) is 0 Å². The van der Waals surface area contributed by atoms with Crippen LogP contribution in [0.1, 0.15) is 0 Å². The van der Waals surface area contributed by atoms with Crippen molar-refractivity contribution in [1.82, 2.24) is 0 Å². The number of methoxy groups -OCH3 is 2. The fourth-order valence-electron chi connectivity index (χ4n) is 2.13. The summed E-state index contributed by atoms with van der Waals surface area (Å²) in [6.45, 7) is 0. The number of aromatic hydroxyl groups is 1. The predicted octanol–water partition coefficient (Wildman–Crippen LogP) is 4.01. The Labute approximate surface area is 137 Å². The third-order valence-corrected chi connectivity index (χ3v) is 4.78. The van der Waals surface area contributed by atoms with Crippen LogP contribution < -0.4 is 14.9 Å². The molecule has 1 N–H and O–H groups in total. The van der Waals surface area contributed by atoms with E-state index < -0.39 is 11.2 Å². The lowest BCUT2D eigenvalue weighted by atomic mass is 10.1. The summed E-state index contributed by atoms with van der Waals surface area (Å²) in [4.78, 5) is 13.1. The van der Waals surface area contributed by atoms with Crippen LogP contribution in [0, 0.1) is 0 Å². The van der Waals surface area contributed by atoms with E-state index >= 15 is 0 Å². The summed E-state index contributed by atoms with van der Waals surface area (Å²) in [5, 5.41) is 10.4. The summed E-state index contributed by atoms with van der Waals surface area (Å²) >= 11 is 4.70. The largest absolute Gasteiger partial charge is 0.501 e. The number of fused-ring (bicyclic) bond motifs is 1. The first-order valence-electron chi connectivity index (χ1n) is 6.22. The molecule has 0 aliphatic heterocycles. The van der Waals surface area contributed by atoms with Crippen molar-refractivity contribution in [2.45, 2.75) is 0 Å². The second-order valence-electron chi connectivity index (χ2n) is 4.42. The minimum Gasteiger partial charge on any atom is -0.501 e. The van der Waals surface area contributed by atoms with Gasteiger partial charge in [-0.3, -0.25) is 4.79 Å². The highest BCUT2D eigenvalue weighted by atomic mass is 79.9. The third-order valence-electron chi connectivity index (χ3n) is 3.16. The Bertz CT molecular complexity index is 912. The van der Waals surface area contributed by atoms with E-state index in [0.717, 1.165) is 3.79 Å². The summed E-state index contributed by atoms with van der Waals surface area (Å²) in [5.74, 6) is 0.475. The molecule has 2 aromatic heterocycles. The van der Waals surface area contributed by atoms with Crippen LogP contribution in [0.5, 0.6) is 17.2 Å². The highest BCUT2D eigenvalue weighted by Gasteiger charge is 2.20. The molecule has 0 unspecified atom stereocenters. The van der Waals surface area contributed by atoms with Crippen molar-refractivity contribution in [1.29, 1.82) is 0 Å². The minimum atomic E-state index is -0.541. The fraction of sp³-hybridized carbons (Fsp3) is 0.133. The number of thiophene rings is 1. The van der Waals surface area contributed by atoms with Gasteiger partial charge in [-0.1, -0.05) is 0 Å². The molecule has 0 fully saturated rings. The average Bonchev–Trinajstić information content (AvgIpc) is 2.95. The SMILES string of the molecule is COc1cc(OC)c2c(=O)c(O)c(-c3ccc(Br)s3)oc2c1. The maximum Gasteiger partial charge on any atom is 0.238 e. The predicted molar refractivity (Wildman–Crippen MR) is 88.3 cm³/mol. The second kappa shape index (κ2) is 5.66. The van der Waals surface area contributed by atoms with E-state index in [4.69, 9.17) is 13.9 Å². The molecule has 0 saturated carbocycles. The molecule has 0 bridgehead atoms. The Kier molecular flexibility index (Phi) is 3.84. The molecule has 7 heteroatoms. The van der Waals surface area contributed by atoms with Crippen molar-refractivity contribution in [2.75, 3.05) is 14.2 Å². The van der Waals surface area contributed by atoms with Crippen LogP contribution >= 0.6 is 27.3 Å². The minimum absolute atomic E-state index is 0.128. The van der Waals surface area contributed by atoms with Crippen LogP contribution in [0.15, 0.2) is 37.3 Å². The van der Waals surface area contributed by atoms with Gasteiger partial charge in [0, 0.05) is 12.1 Å². The highest BCUT2D eigenvalue weighted by Crippen LogP contribution is 2.39. The van der Waals surface area contributed by atoms with Gasteiger partial charge in [-0.15, -0.1) is 11.3 Å². The molecule has 3 rings (SSSR count). The topological polar surface area (TPSA) is 68.9 Å². The molecular formula is C15H11BrO5S. The zero-order valence-corrected chi connectivity index (χ0v) is 14.1. The van der Waals surface area contributed by atoms with Crippen LogP contribution in [-0.4, -0.2) is 19.3 Å². The Morgan fingerprint density at radius 1 is 1.23 bits per heavy atom. The molecule has 0 radical (unpaired) electrons. The normalized spacial score (nSPS) is 10.9. The summed E-state index contributed by atoms with van der Waals surface area (Å²) in [6.07, 6.45) is 0. The first-order valence-corrected chi connectivity index (χ1v) is 7.83. The quantitative estimate of drug-likeness (QED) is 0.740. The fourth-order valence-corrected chi connectivity index (χ4v) is 3.50. The van der Waals surface area contributed by atoms with Crippen molar-refractivity contribution in [3.8, 4) is 27.9 Å². The van der Waals surface area contributed by atoms with E-state index in [2.05, 4.69) is 15.9 Å². The number of benzene rings is 1. The standard InChI is InChI=1S/C15H11BrO5S/c1-19-7-5-8(20-2)12-9(6-7)21-15(14(18)13(12)17)10-3-4-11(16)22-10/h3-6,18H,1-2H3. The van der Waals surface area contributed by atoms with Gasteiger partial charge in [0.05, 0.1) is 22.9 Å². The van der Waals surface area contributed by atoms with Gasteiger partial charge in [-0.25, -0.2) is 0 Å².